The van der Waals surface area contributed by atoms with Gasteiger partial charge in [0.25, 0.3) is 5.91 Å². The van der Waals surface area contributed by atoms with Crippen LogP contribution >= 0.6 is 0 Å². The number of sulfonamides is 1. The number of piperazine rings is 1. The Morgan fingerprint density at radius 1 is 1.03 bits per heavy atom. The Bertz CT molecular complexity index is 917. The zero-order chi connectivity index (χ0) is 21.8. The summed E-state index contributed by atoms with van der Waals surface area (Å²) in [5.41, 5.74) is 0.667. The van der Waals surface area contributed by atoms with Crippen molar-refractivity contribution in [2.45, 2.75) is 56.4 Å². The summed E-state index contributed by atoms with van der Waals surface area (Å²) >= 11 is 0. The third kappa shape index (κ3) is 3.93. The van der Waals surface area contributed by atoms with E-state index in [1.807, 2.05) is 7.05 Å². The van der Waals surface area contributed by atoms with Crippen LogP contribution in [0.15, 0.2) is 29.2 Å². The largest absolute Gasteiger partial charge is 0.349 e. The average molecular weight is 446 g/mol. The first-order valence-electron chi connectivity index (χ1n) is 11.8. The van der Waals surface area contributed by atoms with Crippen molar-refractivity contribution in [1.82, 2.24) is 14.5 Å². The highest BCUT2D eigenvalue weighted by Crippen LogP contribution is 2.61. The Kier molecular flexibility index (Phi) is 5.42. The van der Waals surface area contributed by atoms with Crippen LogP contribution < -0.4 is 5.32 Å². The molecule has 1 N–H and O–H groups in total. The van der Waals surface area contributed by atoms with Crippen molar-refractivity contribution in [3.05, 3.63) is 29.8 Å². The fourth-order valence-corrected chi connectivity index (χ4v) is 8.58. The quantitative estimate of drug-likeness (QED) is 0.757. The van der Waals surface area contributed by atoms with E-state index in [0.29, 0.717) is 18.7 Å². The standard InChI is InChI=1S/C24H35N3O3S/c1-17(24-14-18-10-19(15-24)12-20(11-18)16-24)25-23(28)21-4-3-5-22(13-21)31(29,30)27-8-6-26(2)7-9-27/h3-5,13,17-20H,6-12,14-16H2,1-2H3,(H,25,28). The molecule has 1 amide bonds. The molecule has 5 aliphatic rings. The number of likely N-dealkylation sites (N-methyl/N-ethyl adjacent to an activating group) is 1. The molecule has 31 heavy (non-hydrogen) atoms. The van der Waals surface area contributed by atoms with Crippen LogP contribution in [-0.4, -0.2) is 62.8 Å². The smallest absolute Gasteiger partial charge is 0.251 e. The lowest BCUT2D eigenvalue weighted by molar-refractivity contribution is -0.0688. The van der Waals surface area contributed by atoms with E-state index in [9.17, 15) is 13.2 Å². The molecule has 1 unspecified atom stereocenters. The van der Waals surface area contributed by atoms with E-state index in [4.69, 9.17) is 0 Å². The molecule has 170 valence electrons. The summed E-state index contributed by atoms with van der Waals surface area (Å²) in [6.07, 6.45) is 7.85. The highest BCUT2D eigenvalue weighted by Gasteiger charge is 2.53. The SMILES string of the molecule is CC(NC(=O)c1cccc(S(=O)(=O)N2CCN(C)CC2)c1)C12CC3CC(CC(C3)C1)C2. The minimum Gasteiger partial charge on any atom is -0.349 e. The van der Waals surface area contributed by atoms with E-state index >= 15 is 0 Å². The lowest BCUT2D eigenvalue weighted by Gasteiger charge is -2.59. The molecule has 1 saturated heterocycles. The molecule has 4 aliphatic carbocycles. The molecular formula is C24H35N3O3S. The molecule has 0 spiro atoms. The lowest BCUT2D eigenvalue weighted by atomic mass is 9.48. The number of hydrogen-bond acceptors (Lipinski definition) is 4. The molecule has 0 radical (unpaired) electrons. The zero-order valence-corrected chi connectivity index (χ0v) is 19.5. The van der Waals surface area contributed by atoms with Gasteiger partial charge in [0.05, 0.1) is 4.90 Å². The van der Waals surface area contributed by atoms with Crippen molar-refractivity contribution >= 4 is 15.9 Å². The highest BCUT2D eigenvalue weighted by atomic mass is 32.2. The van der Waals surface area contributed by atoms with Gasteiger partial charge in [0.15, 0.2) is 0 Å². The van der Waals surface area contributed by atoms with Crippen molar-refractivity contribution in [2.24, 2.45) is 23.2 Å². The van der Waals surface area contributed by atoms with Gasteiger partial charge in [0, 0.05) is 37.8 Å². The van der Waals surface area contributed by atoms with Crippen LogP contribution in [0.25, 0.3) is 0 Å². The number of nitrogens with one attached hydrogen (secondary N) is 1. The molecule has 4 bridgehead atoms. The number of carbonyl (C=O) groups is 1. The second-order valence-electron chi connectivity index (χ2n) is 10.7. The molecule has 6 rings (SSSR count). The molecule has 1 atom stereocenters. The Labute approximate surface area is 186 Å². The summed E-state index contributed by atoms with van der Waals surface area (Å²) in [6.45, 7) is 4.58. The van der Waals surface area contributed by atoms with Crippen molar-refractivity contribution in [1.29, 1.82) is 0 Å². The van der Waals surface area contributed by atoms with E-state index in [2.05, 4.69) is 17.1 Å². The minimum atomic E-state index is -3.58. The number of benzene rings is 1. The van der Waals surface area contributed by atoms with Crippen LogP contribution in [0.5, 0.6) is 0 Å². The number of carbonyl (C=O) groups excluding carboxylic acids is 1. The summed E-state index contributed by atoms with van der Waals surface area (Å²) in [4.78, 5) is 15.5. The van der Waals surface area contributed by atoms with Gasteiger partial charge in [-0.1, -0.05) is 6.07 Å². The third-order valence-electron chi connectivity index (χ3n) is 8.55. The van der Waals surface area contributed by atoms with Gasteiger partial charge in [-0.15, -0.1) is 0 Å². The topological polar surface area (TPSA) is 69.7 Å². The first kappa shape index (κ1) is 21.4. The predicted molar refractivity (Wildman–Crippen MR) is 120 cm³/mol. The van der Waals surface area contributed by atoms with Crippen molar-refractivity contribution in [2.75, 3.05) is 33.2 Å². The van der Waals surface area contributed by atoms with E-state index in [1.54, 1.807) is 24.3 Å². The number of nitrogens with zero attached hydrogens (tertiary/aromatic N) is 2. The number of amides is 1. The van der Waals surface area contributed by atoms with Gasteiger partial charge in [0.2, 0.25) is 10.0 Å². The maximum Gasteiger partial charge on any atom is 0.251 e. The maximum absolute atomic E-state index is 13.1. The van der Waals surface area contributed by atoms with Crippen molar-refractivity contribution in [3.63, 3.8) is 0 Å². The monoisotopic (exact) mass is 445 g/mol. The van der Waals surface area contributed by atoms with Crippen LogP contribution in [0.1, 0.15) is 55.8 Å². The van der Waals surface area contributed by atoms with Gasteiger partial charge in [0.1, 0.15) is 0 Å². The van der Waals surface area contributed by atoms with Gasteiger partial charge >= 0.3 is 0 Å². The van der Waals surface area contributed by atoms with Crippen LogP contribution in [0, 0.1) is 23.2 Å². The molecule has 6 nitrogen and oxygen atoms in total. The van der Waals surface area contributed by atoms with Crippen LogP contribution in [0.4, 0.5) is 0 Å². The van der Waals surface area contributed by atoms with Crippen LogP contribution in [0.2, 0.25) is 0 Å². The Hall–Kier alpha value is -1.44. The van der Waals surface area contributed by atoms with Crippen molar-refractivity contribution in [3.8, 4) is 0 Å². The molecule has 1 heterocycles. The highest BCUT2D eigenvalue weighted by molar-refractivity contribution is 7.89. The fourth-order valence-electron chi connectivity index (χ4n) is 7.12. The molecular weight excluding hydrogens is 410 g/mol. The maximum atomic E-state index is 13.1. The summed E-state index contributed by atoms with van der Waals surface area (Å²) in [5.74, 6) is 2.35. The van der Waals surface area contributed by atoms with Gasteiger partial charge in [-0.25, -0.2) is 8.42 Å². The van der Waals surface area contributed by atoms with Crippen molar-refractivity contribution < 1.29 is 13.2 Å². The molecule has 0 aromatic heterocycles. The summed E-state index contributed by atoms with van der Waals surface area (Å²) < 4.78 is 27.7. The second-order valence-corrected chi connectivity index (χ2v) is 12.6. The lowest BCUT2D eigenvalue weighted by Crippen LogP contribution is -2.55. The molecule has 1 aromatic carbocycles. The second kappa shape index (κ2) is 7.85. The van der Waals surface area contributed by atoms with E-state index in [-0.39, 0.29) is 22.3 Å². The normalized spacial score (nSPS) is 34.6. The Balaban J connectivity index is 1.30. The third-order valence-corrected chi connectivity index (χ3v) is 10.4. The van der Waals surface area contributed by atoms with E-state index < -0.39 is 10.0 Å². The molecule has 4 saturated carbocycles. The summed E-state index contributed by atoms with van der Waals surface area (Å²) in [5, 5.41) is 3.26. The molecule has 1 aromatic rings. The molecule has 1 aliphatic heterocycles. The first-order chi connectivity index (χ1) is 14.7. The number of hydrogen-bond donors (Lipinski definition) is 1. The van der Waals surface area contributed by atoms with Crippen LogP contribution in [0.3, 0.4) is 0 Å². The van der Waals surface area contributed by atoms with Gasteiger partial charge in [-0.2, -0.15) is 4.31 Å². The van der Waals surface area contributed by atoms with Gasteiger partial charge < -0.3 is 10.2 Å². The van der Waals surface area contributed by atoms with E-state index in [0.717, 1.165) is 30.8 Å². The van der Waals surface area contributed by atoms with E-state index in [1.165, 1.54) is 42.8 Å². The predicted octanol–water partition coefficient (Wildman–Crippen LogP) is 2.96. The Morgan fingerprint density at radius 2 is 1.61 bits per heavy atom. The van der Waals surface area contributed by atoms with Crippen LogP contribution in [-0.2, 0) is 10.0 Å². The van der Waals surface area contributed by atoms with Gasteiger partial charge in [-0.3, -0.25) is 4.79 Å². The average Bonchev–Trinajstić information content (AvgIpc) is 2.73. The molecule has 7 heteroatoms. The van der Waals surface area contributed by atoms with Gasteiger partial charge in [-0.05, 0) is 93.9 Å². The summed E-state index contributed by atoms with van der Waals surface area (Å²) in [7, 11) is -1.58. The first-order valence-corrected chi connectivity index (χ1v) is 13.3. The minimum absolute atomic E-state index is 0.117. The zero-order valence-electron chi connectivity index (χ0n) is 18.7. The number of rotatable bonds is 5. The molecule has 5 fully saturated rings. The fraction of sp³-hybridized carbons (Fsp3) is 0.708. The Morgan fingerprint density at radius 3 is 2.19 bits per heavy atom. The summed E-state index contributed by atoms with van der Waals surface area (Å²) in [6, 6.07) is 6.69.